The molecule has 0 aliphatic carbocycles. The Morgan fingerprint density at radius 2 is 0.807 bits per heavy atom. The zero-order chi connectivity index (χ0) is 40.8. The van der Waals surface area contributed by atoms with Crippen molar-refractivity contribution in [3.63, 3.8) is 0 Å². The number of hydrogen-bond acceptors (Lipinski definition) is 12. The van der Waals surface area contributed by atoms with Gasteiger partial charge < -0.3 is 37.9 Å². The van der Waals surface area contributed by atoms with Crippen LogP contribution in [0.2, 0.25) is 0 Å². The summed E-state index contributed by atoms with van der Waals surface area (Å²) < 4.78 is 44.8. The maximum absolute atomic E-state index is 11.8. The Balaban J connectivity index is 1.80. The monoisotopic (exact) mass is 776 g/mol. The van der Waals surface area contributed by atoms with Crippen molar-refractivity contribution in [1.29, 1.82) is 0 Å². The summed E-state index contributed by atoms with van der Waals surface area (Å²) in [5.41, 5.74) is 4.28. The van der Waals surface area contributed by atoms with Crippen molar-refractivity contribution in [2.45, 2.75) is 5.92 Å². The van der Waals surface area contributed by atoms with Gasteiger partial charge in [-0.1, -0.05) is 93.0 Å². The van der Waals surface area contributed by atoms with Gasteiger partial charge in [0.15, 0.2) is 0 Å². The Kier molecular flexibility index (Phi) is 17.2. The van der Waals surface area contributed by atoms with Crippen molar-refractivity contribution in [2.75, 3.05) is 52.9 Å². The highest BCUT2D eigenvalue weighted by molar-refractivity contribution is 5.82. The van der Waals surface area contributed by atoms with Gasteiger partial charge in [-0.25, -0.2) is 19.2 Å². The molecular formula is C45H44O12. The van der Waals surface area contributed by atoms with Crippen LogP contribution in [-0.4, -0.2) is 76.7 Å². The predicted molar refractivity (Wildman–Crippen MR) is 212 cm³/mol. The largest absolute Gasteiger partial charge is 0.490 e. The normalized spacial score (nSPS) is 10.3. The molecule has 0 heterocycles. The van der Waals surface area contributed by atoms with Gasteiger partial charge in [0, 0.05) is 53.5 Å². The molecule has 0 aromatic heterocycles. The van der Waals surface area contributed by atoms with Gasteiger partial charge in [0.25, 0.3) is 0 Å². The van der Waals surface area contributed by atoms with Crippen LogP contribution in [0, 0.1) is 0 Å². The Morgan fingerprint density at radius 3 is 1.19 bits per heavy atom. The van der Waals surface area contributed by atoms with Gasteiger partial charge in [-0.2, -0.15) is 0 Å². The molecule has 0 saturated heterocycles. The highest BCUT2D eigenvalue weighted by Crippen LogP contribution is 2.44. The fraction of sp³-hybridized carbons (Fsp3) is 0.200. The van der Waals surface area contributed by atoms with E-state index in [4.69, 9.17) is 37.9 Å². The van der Waals surface area contributed by atoms with Crippen LogP contribution in [0.5, 0.6) is 23.0 Å². The van der Waals surface area contributed by atoms with E-state index < -0.39 is 29.8 Å². The first kappa shape index (κ1) is 42.7. The third-order valence-electron chi connectivity index (χ3n) is 7.97. The second-order valence-electron chi connectivity index (χ2n) is 11.7. The number of rotatable bonds is 24. The van der Waals surface area contributed by atoms with Crippen molar-refractivity contribution in [3.05, 3.63) is 158 Å². The number of esters is 4. The van der Waals surface area contributed by atoms with Gasteiger partial charge in [0.05, 0.1) is 0 Å². The first-order valence-corrected chi connectivity index (χ1v) is 17.9. The number of ether oxygens (including phenoxy) is 8. The third kappa shape index (κ3) is 13.6. The molecule has 0 fully saturated rings. The first-order valence-electron chi connectivity index (χ1n) is 17.9. The molecule has 0 amide bonds. The molecule has 0 unspecified atom stereocenters. The minimum atomic E-state index is -0.594. The summed E-state index contributed by atoms with van der Waals surface area (Å²) in [5, 5.41) is 0. The Labute approximate surface area is 331 Å². The third-order valence-corrected chi connectivity index (χ3v) is 7.97. The van der Waals surface area contributed by atoms with Crippen LogP contribution >= 0.6 is 0 Å². The summed E-state index contributed by atoms with van der Waals surface area (Å²) in [4.78, 5) is 46.6. The maximum atomic E-state index is 11.8. The number of carbonyl (C=O) groups excluding carboxylic acids is 4. The summed E-state index contributed by atoms with van der Waals surface area (Å²) in [6.07, 6.45) is 4.26. The molecule has 0 saturated carbocycles. The van der Waals surface area contributed by atoms with E-state index in [-0.39, 0.29) is 52.9 Å². The van der Waals surface area contributed by atoms with E-state index in [2.05, 4.69) is 26.3 Å². The van der Waals surface area contributed by atoms with Crippen molar-refractivity contribution in [3.8, 4) is 34.1 Å². The second-order valence-corrected chi connectivity index (χ2v) is 11.7. The molecule has 12 nitrogen and oxygen atoms in total. The second kappa shape index (κ2) is 23.0. The number of hydrogen-bond donors (Lipinski definition) is 0. The lowest BCUT2D eigenvalue weighted by Gasteiger charge is -2.25. The molecule has 4 aromatic carbocycles. The topological polar surface area (TPSA) is 142 Å². The van der Waals surface area contributed by atoms with Crippen molar-refractivity contribution in [1.82, 2.24) is 0 Å². The van der Waals surface area contributed by atoms with Crippen molar-refractivity contribution in [2.24, 2.45) is 0 Å². The average molecular weight is 777 g/mol. The van der Waals surface area contributed by atoms with Gasteiger partial charge in [-0.05, 0) is 28.8 Å². The molecule has 0 atom stereocenters. The van der Waals surface area contributed by atoms with Crippen LogP contribution in [0.1, 0.15) is 22.6 Å². The molecule has 296 valence electrons. The Morgan fingerprint density at radius 1 is 0.439 bits per heavy atom. The SMILES string of the molecule is C=CC(=O)OCCOc1ccc(C(c2ccc(-c3ccccc3)cc2)c2ccc(OCCOC(=O)C=C)cc2OCCOC(=O)C=C)c(OCCOC(=O)C=C)c1. The fourth-order valence-electron chi connectivity index (χ4n) is 5.39. The van der Waals surface area contributed by atoms with Gasteiger partial charge in [-0.3, -0.25) is 0 Å². The van der Waals surface area contributed by atoms with E-state index in [1.807, 2.05) is 66.7 Å². The molecule has 0 aliphatic heterocycles. The summed E-state index contributed by atoms with van der Waals surface area (Å²) in [6, 6.07) is 28.6. The molecule has 0 bridgehead atoms. The summed E-state index contributed by atoms with van der Waals surface area (Å²) in [7, 11) is 0. The minimum absolute atomic E-state index is 0.00607. The highest BCUT2D eigenvalue weighted by Gasteiger charge is 2.26. The lowest BCUT2D eigenvalue weighted by Crippen LogP contribution is -2.15. The first-order chi connectivity index (χ1) is 27.8. The smallest absolute Gasteiger partial charge is 0.330 e. The van der Waals surface area contributed by atoms with Gasteiger partial charge in [-0.15, -0.1) is 0 Å². The zero-order valence-corrected chi connectivity index (χ0v) is 31.4. The molecular weight excluding hydrogens is 732 g/mol. The molecule has 12 heteroatoms. The van der Waals surface area contributed by atoms with Crippen molar-refractivity contribution < 1.29 is 57.1 Å². The van der Waals surface area contributed by atoms with Gasteiger partial charge in [0.2, 0.25) is 0 Å². The van der Waals surface area contributed by atoms with Crippen LogP contribution in [0.3, 0.4) is 0 Å². The number of benzene rings is 4. The Hall–Kier alpha value is -7.08. The van der Waals surface area contributed by atoms with E-state index in [9.17, 15) is 19.2 Å². The molecule has 4 rings (SSSR count). The van der Waals surface area contributed by atoms with E-state index in [1.165, 1.54) is 0 Å². The van der Waals surface area contributed by atoms with Crippen LogP contribution in [0.15, 0.2) is 142 Å². The van der Waals surface area contributed by atoms with Crippen LogP contribution in [0.4, 0.5) is 0 Å². The van der Waals surface area contributed by atoms with Crippen LogP contribution in [0.25, 0.3) is 11.1 Å². The van der Waals surface area contributed by atoms with Gasteiger partial charge >= 0.3 is 23.9 Å². The lowest BCUT2D eigenvalue weighted by molar-refractivity contribution is -0.139. The quantitative estimate of drug-likeness (QED) is 0.0239. The predicted octanol–water partition coefficient (Wildman–Crippen LogP) is 6.97. The average Bonchev–Trinajstić information content (AvgIpc) is 3.25. The van der Waals surface area contributed by atoms with Crippen LogP contribution in [-0.2, 0) is 38.1 Å². The fourth-order valence-corrected chi connectivity index (χ4v) is 5.39. The summed E-state index contributed by atoms with van der Waals surface area (Å²) >= 11 is 0. The highest BCUT2D eigenvalue weighted by atomic mass is 16.6. The van der Waals surface area contributed by atoms with Crippen LogP contribution < -0.4 is 18.9 Å². The minimum Gasteiger partial charge on any atom is -0.490 e. The van der Waals surface area contributed by atoms with E-state index in [1.54, 1.807) is 24.3 Å². The molecule has 0 spiro atoms. The molecule has 0 N–H and O–H groups in total. The standard InChI is InChI=1S/C45H44O12/c1-5-41(46)54-26-22-50-35-18-20-37(39(30-35)52-24-28-56-43(48)7-3)45(34-16-14-33(15-17-34)32-12-10-9-11-13-32)38-21-19-36(51-23-27-55-42(47)6-2)31-40(38)53-25-29-57-44(49)8-4/h5-21,30-31,45H,1-4,22-29H2. The molecule has 57 heavy (non-hydrogen) atoms. The summed E-state index contributed by atoms with van der Waals surface area (Å²) in [5.74, 6) is -1.23. The van der Waals surface area contributed by atoms with E-state index >= 15 is 0 Å². The summed E-state index contributed by atoms with van der Waals surface area (Å²) in [6.45, 7) is 13.6. The Bertz CT molecular complexity index is 1900. The van der Waals surface area contributed by atoms with E-state index in [0.29, 0.717) is 34.1 Å². The maximum Gasteiger partial charge on any atom is 0.330 e. The lowest BCUT2D eigenvalue weighted by atomic mass is 9.83. The van der Waals surface area contributed by atoms with Crippen molar-refractivity contribution >= 4 is 23.9 Å². The van der Waals surface area contributed by atoms with E-state index in [0.717, 1.165) is 41.0 Å². The van der Waals surface area contributed by atoms with Gasteiger partial charge in [0.1, 0.15) is 75.9 Å². The number of carbonyl (C=O) groups is 4. The molecule has 0 aliphatic rings. The zero-order valence-electron chi connectivity index (χ0n) is 31.4. The molecule has 4 aromatic rings. The molecule has 0 radical (unpaired) electrons.